The Bertz CT molecular complexity index is 1670. The number of hydrogen-bond acceptors (Lipinski definition) is 7. The molecule has 0 bridgehead atoms. The van der Waals surface area contributed by atoms with Gasteiger partial charge in [0, 0.05) is 36.3 Å². The van der Waals surface area contributed by atoms with Crippen LogP contribution in [0, 0.1) is 5.82 Å². The first kappa shape index (κ1) is 25.0. The van der Waals surface area contributed by atoms with Crippen LogP contribution in [0.4, 0.5) is 13.2 Å². The van der Waals surface area contributed by atoms with Crippen LogP contribution in [0.2, 0.25) is 0 Å². The molecule has 0 N–H and O–H groups in total. The van der Waals surface area contributed by atoms with Crippen LogP contribution < -0.4 is 5.69 Å². The fourth-order valence-electron chi connectivity index (χ4n) is 5.05. The molecule has 0 unspecified atom stereocenters. The standard InChI is InChI=1S/C27H24F3N7O2/c1-35-10-6-19(7-11-35)37-23-12-20(16-4-8-31-9-5-16)21(28)13-22(23)36(27(37)38)15-18-3-2-17(14-32-18)25-33-34-26(39-25)24(29)30/h2-5,8-9,12-14,19,24H,6-7,10-11,15H2,1H3. The third-order valence-electron chi connectivity index (χ3n) is 7.12. The van der Waals surface area contributed by atoms with E-state index in [9.17, 15) is 13.6 Å². The van der Waals surface area contributed by atoms with E-state index in [2.05, 4.69) is 32.1 Å². The van der Waals surface area contributed by atoms with Gasteiger partial charge in [-0.3, -0.25) is 19.1 Å². The summed E-state index contributed by atoms with van der Waals surface area (Å²) in [5.41, 5.74) is 2.85. The largest absolute Gasteiger partial charge is 0.415 e. The average Bonchev–Trinajstić information content (AvgIpc) is 3.54. The zero-order chi connectivity index (χ0) is 27.1. The molecule has 1 saturated heterocycles. The molecule has 200 valence electrons. The number of pyridine rings is 2. The van der Waals surface area contributed by atoms with Gasteiger partial charge in [-0.25, -0.2) is 9.18 Å². The van der Waals surface area contributed by atoms with E-state index in [0.717, 1.165) is 25.9 Å². The summed E-state index contributed by atoms with van der Waals surface area (Å²) in [5, 5.41) is 6.97. The number of likely N-dealkylation sites (tertiary alicyclic amines) is 1. The summed E-state index contributed by atoms with van der Waals surface area (Å²) in [6, 6.07) is 9.84. The molecule has 0 saturated carbocycles. The van der Waals surface area contributed by atoms with Gasteiger partial charge in [0.15, 0.2) is 0 Å². The summed E-state index contributed by atoms with van der Waals surface area (Å²) in [7, 11) is 2.05. The van der Waals surface area contributed by atoms with Gasteiger partial charge in [-0.05, 0) is 68.9 Å². The maximum atomic E-state index is 15.4. The lowest BCUT2D eigenvalue weighted by atomic mass is 10.0. The van der Waals surface area contributed by atoms with Gasteiger partial charge in [0.1, 0.15) is 5.82 Å². The zero-order valence-corrected chi connectivity index (χ0v) is 21.0. The van der Waals surface area contributed by atoms with Crippen molar-refractivity contribution in [3.63, 3.8) is 0 Å². The molecule has 1 aromatic carbocycles. The lowest BCUT2D eigenvalue weighted by Gasteiger charge is -2.29. The molecule has 1 aliphatic heterocycles. The third-order valence-corrected chi connectivity index (χ3v) is 7.12. The van der Waals surface area contributed by atoms with Gasteiger partial charge in [-0.2, -0.15) is 8.78 Å². The van der Waals surface area contributed by atoms with Crippen molar-refractivity contribution in [3.8, 4) is 22.6 Å². The fourth-order valence-corrected chi connectivity index (χ4v) is 5.05. The molecule has 0 atom stereocenters. The first-order chi connectivity index (χ1) is 18.9. The minimum absolute atomic E-state index is 0.0231. The smallest absolute Gasteiger partial charge is 0.329 e. The maximum absolute atomic E-state index is 15.4. The Hall–Kier alpha value is -4.32. The number of rotatable bonds is 6. The van der Waals surface area contributed by atoms with Gasteiger partial charge >= 0.3 is 12.1 Å². The van der Waals surface area contributed by atoms with E-state index in [1.807, 2.05) is 0 Å². The van der Waals surface area contributed by atoms with E-state index < -0.39 is 18.1 Å². The summed E-state index contributed by atoms with van der Waals surface area (Å²) in [5.74, 6) is -1.29. The first-order valence-electron chi connectivity index (χ1n) is 12.5. The Morgan fingerprint density at radius 3 is 2.46 bits per heavy atom. The van der Waals surface area contributed by atoms with Crippen LogP contribution in [0.15, 0.2) is 64.2 Å². The summed E-state index contributed by atoms with van der Waals surface area (Å²) in [6.45, 7) is 1.80. The molecular formula is C27H24F3N7O2. The molecule has 5 aromatic rings. The molecular weight excluding hydrogens is 511 g/mol. The van der Waals surface area contributed by atoms with Gasteiger partial charge < -0.3 is 9.32 Å². The number of hydrogen-bond donors (Lipinski definition) is 0. The number of alkyl halides is 2. The van der Waals surface area contributed by atoms with E-state index >= 15 is 4.39 Å². The van der Waals surface area contributed by atoms with Crippen molar-refractivity contribution >= 4 is 11.0 Å². The predicted octanol–water partition coefficient (Wildman–Crippen LogP) is 4.70. The van der Waals surface area contributed by atoms with E-state index in [1.165, 1.54) is 16.8 Å². The van der Waals surface area contributed by atoms with Crippen molar-refractivity contribution in [2.45, 2.75) is 31.9 Å². The summed E-state index contributed by atoms with van der Waals surface area (Å²) in [6.07, 6.45) is 3.36. The van der Waals surface area contributed by atoms with Crippen LogP contribution in [0.1, 0.15) is 36.9 Å². The van der Waals surface area contributed by atoms with Gasteiger partial charge in [-0.15, -0.1) is 10.2 Å². The third kappa shape index (κ3) is 4.71. The van der Waals surface area contributed by atoms with Crippen molar-refractivity contribution in [2.24, 2.45) is 0 Å². The van der Waals surface area contributed by atoms with Crippen LogP contribution in [0.3, 0.4) is 0 Å². The van der Waals surface area contributed by atoms with Crippen molar-refractivity contribution in [1.29, 1.82) is 0 Å². The van der Waals surface area contributed by atoms with Crippen LogP contribution in [0.25, 0.3) is 33.6 Å². The number of imidazole rings is 1. The molecule has 9 nitrogen and oxygen atoms in total. The van der Waals surface area contributed by atoms with Gasteiger partial charge in [-0.1, -0.05) is 0 Å². The Morgan fingerprint density at radius 1 is 1.03 bits per heavy atom. The molecule has 0 amide bonds. The molecule has 0 radical (unpaired) electrons. The number of piperidine rings is 1. The summed E-state index contributed by atoms with van der Waals surface area (Å²) >= 11 is 0. The Labute approximate surface area is 220 Å². The van der Waals surface area contributed by atoms with Crippen LogP contribution in [-0.2, 0) is 6.54 Å². The number of benzene rings is 1. The lowest BCUT2D eigenvalue weighted by Crippen LogP contribution is -2.36. The fraction of sp³-hybridized carbons (Fsp3) is 0.296. The summed E-state index contributed by atoms with van der Waals surface area (Å²) in [4.78, 5) is 24.5. The number of halogens is 3. The number of aromatic nitrogens is 6. The molecule has 12 heteroatoms. The highest BCUT2D eigenvalue weighted by atomic mass is 19.3. The van der Waals surface area contributed by atoms with Gasteiger partial charge in [0.25, 0.3) is 5.89 Å². The van der Waals surface area contributed by atoms with Crippen molar-refractivity contribution in [1.82, 2.24) is 34.2 Å². The highest BCUT2D eigenvalue weighted by molar-refractivity contribution is 5.83. The quantitative estimate of drug-likeness (QED) is 0.311. The minimum Gasteiger partial charge on any atom is -0.415 e. The topological polar surface area (TPSA) is 94.9 Å². The molecule has 4 aromatic heterocycles. The first-order valence-corrected chi connectivity index (χ1v) is 12.5. The molecule has 5 heterocycles. The SMILES string of the molecule is CN1CCC(n2c(=O)n(Cc3ccc(-c4nnc(C(F)F)o4)cn3)c3cc(F)c(-c4ccncc4)cc32)CC1. The molecule has 1 fully saturated rings. The van der Waals surface area contributed by atoms with E-state index in [1.54, 1.807) is 47.3 Å². The number of fused-ring (bicyclic) bond motifs is 1. The normalized spacial score (nSPS) is 15.0. The van der Waals surface area contributed by atoms with E-state index in [-0.39, 0.29) is 24.2 Å². The Kier molecular flexibility index (Phi) is 6.47. The monoisotopic (exact) mass is 535 g/mol. The molecule has 39 heavy (non-hydrogen) atoms. The molecule has 0 spiro atoms. The maximum Gasteiger partial charge on any atom is 0.329 e. The van der Waals surface area contributed by atoms with E-state index in [4.69, 9.17) is 4.42 Å². The van der Waals surface area contributed by atoms with Crippen LogP contribution >= 0.6 is 0 Å². The minimum atomic E-state index is -2.87. The van der Waals surface area contributed by atoms with Crippen molar-refractivity contribution < 1.29 is 17.6 Å². The molecule has 6 rings (SSSR count). The molecule has 1 aliphatic rings. The Morgan fingerprint density at radius 2 is 1.79 bits per heavy atom. The van der Waals surface area contributed by atoms with Crippen LogP contribution in [-0.4, -0.2) is 54.3 Å². The van der Waals surface area contributed by atoms with Gasteiger partial charge in [0.2, 0.25) is 5.89 Å². The van der Waals surface area contributed by atoms with Crippen LogP contribution in [0.5, 0.6) is 0 Å². The second-order valence-electron chi connectivity index (χ2n) is 9.61. The second-order valence-corrected chi connectivity index (χ2v) is 9.61. The van der Waals surface area contributed by atoms with E-state index in [0.29, 0.717) is 33.4 Å². The number of nitrogens with zero attached hydrogens (tertiary/aromatic N) is 7. The van der Waals surface area contributed by atoms with Crippen molar-refractivity contribution in [2.75, 3.05) is 20.1 Å². The second kappa shape index (κ2) is 10.1. The zero-order valence-electron chi connectivity index (χ0n) is 21.0. The molecule has 0 aliphatic carbocycles. The highest BCUT2D eigenvalue weighted by Crippen LogP contribution is 2.31. The average molecular weight is 536 g/mol. The highest BCUT2D eigenvalue weighted by Gasteiger charge is 2.26. The Balaban J connectivity index is 1.41. The predicted molar refractivity (Wildman–Crippen MR) is 137 cm³/mol. The van der Waals surface area contributed by atoms with Gasteiger partial charge in [0.05, 0.1) is 28.8 Å². The summed E-state index contributed by atoms with van der Waals surface area (Å²) < 4.78 is 49.3. The van der Waals surface area contributed by atoms with Crippen molar-refractivity contribution in [3.05, 3.63) is 82.9 Å². The lowest BCUT2D eigenvalue weighted by molar-refractivity contribution is 0.116.